The molecule has 4 rings (SSSR count). The SMILES string of the molecule is CCOc1cc(/C=N\Nc2nc3ccc(C)cc3[nH]2)ccc1OCc1ccccc1F. The molecular formula is C24H23FN4O2. The molecule has 0 radical (unpaired) electrons. The lowest BCUT2D eigenvalue weighted by Gasteiger charge is -2.13. The average Bonchev–Trinajstić information content (AvgIpc) is 3.16. The van der Waals surface area contributed by atoms with Gasteiger partial charge in [-0.3, -0.25) is 0 Å². The smallest absolute Gasteiger partial charge is 0.222 e. The molecule has 0 unspecified atom stereocenters. The third kappa shape index (κ3) is 5.01. The number of hydrogen-bond acceptors (Lipinski definition) is 5. The zero-order valence-electron chi connectivity index (χ0n) is 17.4. The van der Waals surface area contributed by atoms with E-state index < -0.39 is 0 Å². The van der Waals surface area contributed by atoms with E-state index in [1.807, 2.05) is 44.2 Å². The topological polar surface area (TPSA) is 71.5 Å². The molecule has 7 heteroatoms. The van der Waals surface area contributed by atoms with Crippen molar-refractivity contribution in [1.82, 2.24) is 9.97 Å². The van der Waals surface area contributed by atoms with Crippen molar-refractivity contribution >= 4 is 23.2 Å². The minimum absolute atomic E-state index is 0.118. The molecule has 0 saturated carbocycles. The predicted octanol–water partition coefficient (Wildman–Crippen LogP) is 5.43. The highest BCUT2D eigenvalue weighted by Gasteiger charge is 2.08. The van der Waals surface area contributed by atoms with Crippen LogP contribution in [0, 0.1) is 12.7 Å². The number of nitrogens with one attached hydrogen (secondary N) is 2. The monoisotopic (exact) mass is 418 g/mol. The van der Waals surface area contributed by atoms with Crippen molar-refractivity contribution in [3.8, 4) is 11.5 Å². The van der Waals surface area contributed by atoms with Crippen LogP contribution >= 0.6 is 0 Å². The Bertz CT molecular complexity index is 1220. The number of rotatable bonds is 8. The highest BCUT2D eigenvalue weighted by Crippen LogP contribution is 2.29. The molecule has 0 saturated heterocycles. The summed E-state index contributed by atoms with van der Waals surface area (Å²) in [5.41, 5.74) is 7.20. The molecule has 0 aliphatic heterocycles. The number of hydrazone groups is 1. The zero-order valence-corrected chi connectivity index (χ0v) is 17.4. The average molecular weight is 418 g/mol. The van der Waals surface area contributed by atoms with E-state index in [4.69, 9.17) is 9.47 Å². The number of ether oxygens (including phenoxy) is 2. The normalized spacial score (nSPS) is 11.2. The van der Waals surface area contributed by atoms with Crippen LogP contribution in [0.15, 0.2) is 65.8 Å². The molecule has 0 fully saturated rings. The van der Waals surface area contributed by atoms with Crippen LogP contribution in [0.3, 0.4) is 0 Å². The summed E-state index contributed by atoms with van der Waals surface area (Å²) >= 11 is 0. The second kappa shape index (κ2) is 9.30. The van der Waals surface area contributed by atoms with E-state index >= 15 is 0 Å². The molecule has 1 aromatic heterocycles. The first-order chi connectivity index (χ1) is 15.1. The first kappa shape index (κ1) is 20.4. The van der Waals surface area contributed by atoms with Crippen LogP contribution in [0.25, 0.3) is 11.0 Å². The first-order valence-electron chi connectivity index (χ1n) is 10.0. The number of aromatic amines is 1. The second-order valence-electron chi connectivity index (χ2n) is 7.00. The minimum Gasteiger partial charge on any atom is -0.490 e. The Kier molecular flexibility index (Phi) is 6.12. The van der Waals surface area contributed by atoms with Gasteiger partial charge >= 0.3 is 0 Å². The fourth-order valence-corrected chi connectivity index (χ4v) is 3.11. The second-order valence-corrected chi connectivity index (χ2v) is 7.00. The number of imidazole rings is 1. The van der Waals surface area contributed by atoms with Gasteiger partial charge in [0.15, 0.2) is 11.5 Å². The number of hydrogen-bond donors (Lipinski definition) is 2. The highest BCUT2D eigenvalue weighted by molar-refractivity contribution is 5.82. The number of halogens is 1. The Morgan fingerprint density at radius 1 is 1.06 bits per heavy atom. The standard InChI is InChI=1S/C24H23FN4O2/c1-3-30-23-13-17(9-11-22(23)31-15-18-6-4-5-7-19(18)25)14-26-29-24-27-20-10-8-16(2)12-21(20)28-24/h4-14H,3,15H2,1-2H3,(H2,27,28,29)/b26-14-. The minimum atomic E-state index is -0.295. The quantitative estimate of drug-likeness (QED) is 0.295. The zero-order chi connectivity index (χ0) is 21.6. The molecule has 4 aromatic rings. The van der Waals surface area contributed by atoms with Gasteiger partial charge in [-0.1, -0.05) is 24.3 Å². The van der Waals surface area contributed by atoms with Crippen molar-refractivity contribution in [2.75, 3.05) is 12.0 Å². The van der Waals surface area contributed by atoms with Gasteiger partial charge < -0.3 is 14.5 Å². The Labute approximate surface area is 179 Å². The van der Waals surface area contributed by atoms with Crippen LogP contribution in [0.2, 0.25) is 0 Å². The van der Waals surface area contributed by atoms with Gasteiger partial charge in [-0.25, -0.2) is 14.8 Å². The molecule has 0 bridgehead atoms. The predicted molar refractivity (Wildman–Crippen MR) is 120 cm³/mol. The van der Waals surface area contributed by atoms with Crippen LogP contribution in [-0.2, 0) is 6.61 Å². The molecule has 0 aliphatic carbocycles. The maximum absolute atomic E-state index is 13.8. The lowest BCUT2D eigenvalue weighted by atomic mass is 10.2. The van der Waals surface area contributed by atoms with Crippen LogP contribution in [0.5, 0.6) is 11.5 Å². The molecule has 0 amide bonds. The number of anilines is 1. The molecule has 2 N–H and O–H groups in total. The molecule has 3 aromatic carbocycles. The highest BCUT2D eigenvalue weighted by atomic mass is 19.1. The summed E-state index contributed by atoms with van der Waals surface area (Å²) in [5, 5.41) is 4.25. The van der Waals surface area contributed by atoms with E-state index in [1.165, 1.54) is 6.07 Å². The van der Waals surface area contributed by atoms with Gasteiger partial charge in [-0.15, -0.1) is 0 Å². The Hall–Kier alpha value is -3.87. The Morgan fingerprint density at radius 3 is 2.77 bits per heavy atom. The fraction of sp³-hybridized carbons (Fsp3) is 0.167. The first-order valence-corrected chi connectivity index (χ1v) is 10.0. The van der Waals surface area contributed by atoms with Gasteiger partial charge in [-0.2, -0.15) is 5.10 Å². The third-order valence-corrected chi connectivity index (χ3v) is 4.63. The summed E-state index contributed by atoms with van der Waals surface area (Å²) in [4.78, 5) is 7.64. The fourth-order valence-electron chi connectivity index (χ4n) is 3.11. The van der Waals surface area contributed by atoms with Crippen LogP contribution in [0.1, 0.15) is 23.6 Å². The van der Waals surface area contributed by atoms with E-state index in [1.54, 1.807) is 30.5 Å². The van der Waals surface area contributed by atoms with Crippen molar-refractivity contribution in [2.24, 2.45) is 5.10 Å². The van der Waals surface area contributed by atoms with E-state index in [-0.39, 0.29) is 12.4 Å². The van der Waals surface area contributed by atoms with E-state index in [9.17, 15) is 4.39 Å². The van der Waals surface area contributed by atoms with E-state index in [2.05, 4.69) is 20.5 Å². The molecule has 31 heavy (non-hydrogen) atoms. The molecule has 1 heterocycles. The van der Waals surface area contributed by atoms with Crippen molar-refractivity contribution in [1.29, 1.82) is 0 Å². The molecule has 0 aliphatic rings. The number of H-pyrrole nitrogens is 1. The number of aryl methyl sites for hydroxylation is 1. The third-order valence-electron chi connectivity index (χ3n) is 4.63. The summed E-state index contributed by atoms with van der Waals surface area (Å²) in [5.74, 6) is 1.38. The maximum atomic E-state index is 13.8. The van der Waals surface area contributed by atoms with Gasteiger partial charge in [0.25, 0.3) is 0 Å². The molecule has 158 valence electrons. The summed E-state index contributed by atoms with van der Waals surface area (Å²) in [6.45, 7) is 4.53. The van der Waals surface area contributed by atoms with Gasteiger partial charge in [-0.05, 0) is 61.4 Å². The summed E-state index contributed by atoms with van der Waals surface area (Å²) in [6.07, 6.45) is 1.67. The van der Waals surface area contributed by atoms with Crippen LogP contribution in [0.4, 0.5) is 10.3 Å². The van der Waals surface area contributed by atoms with Gasteiger partial charge in [0.1, 0.15) is 12.4 Å². The molecule has 0 atom stereocenters. The van der Waals surface area contributed by atoms with Gasteiger partial charge in [0, 0.05) is 5.56 Å². The summed E-state index contributed by atoms with van der Waals surface area (Å²) < 4.78 is 25.3. The Balaban J connectivity index is 1.45. The Morgan fingerprint density at radius 2 is 1.94 bits per heavy atom. The van der Waals surface area contributed by atoms with Crippen LogP contribution < -0.4 is 14.9 Å². The van der Waals surface area contributed by atoms with Gasteiger partial charge in [0.05, 0.1) is 23.9 Å². The molecular weight excluding hydrogens is 395 g/mol. The maximum Gasteiger partial charge on any atom is 0.222 e. The lowest BCUT2D eigenvalue weighted by Crippen LogP contribution is -2.02. The van der Waals surface area contributed by atoms with E-state index in [0.29, 0.717) is 29.6 Å². The number of benzene rings is 3. The number of nitrogens with zero attached hydrogens (tertiary/aromatic N) is 2. The number of fused-ring (bicyclic) bond motifs is 1. The van der Waals surface area contributed by atoms with Crippen molar-refractivity contribution < 1.29 is 13.9 Å². The van der Waals surface area contributed by atoms with Crippen molar-refractivity contribution in [2.45, 2.75) is 20.5 Å². The number of aromatic nitrogens is 2. The molecule has 6 nitrogen and oxygen atoms in total. The van der Waals surface area contributed by atoms with Crippen molar-refractivity contribution in [3.05, 3.63) is 83.2 Å². The van der Waals surface area contributed by atoms with Crippen LogP contribution in [-0.4, -0.2) is 22.8 Å². The summed E-state index contributed by atoms with van der Waals surface area (Å²) in [7, 11) is 0. The summed E-state index contributed by atoms with van der Waals surface area (Å²) in [6, 6.07) is 18.0. The van der Waals surface area contributed by atoms with E-state index in [0.717, 1.165) is 22.2 Å². The van der Waals surface area contributed by atoms with Gasteiger partial charge in [0.2, 0.25) is 5.95 Å². The van der Waals surface area contributed by atoms with Crippen molar-refractivity contribution in [3.63, 3.8) is 0 Å². The largest absolute Gasteiger partial charge is 0.490 e. The molecule has 0 spiro atoms. The lowest BCUT2D eigenvalue weighted by molar-refractivity contribution is 0.266.